The van der Waals surface area contributed by atoms with Gasteiger partial charge in [-0.2, -0.15) is 0 Å². The number of pyridine rings is 1. The molecule has 5 N–H and O–H groups in total. The summed E-state index contributed by atoms with van der Waals surface area (Å²) in [5.41, 5.74) is 12.9. The van der Waals surface area contributed by atoms with Crippen LogP contribution in [0.5, 0.6) is 5.75 Å². The average molecular weight is 609 g/mol. The number of hydrogen-bond donors (Lipinski definition) is 3. The van der Waals surface area contributed by atoms with Crippen LogP contribution >= 0.6 is 0 Å². The minimum atomic E-state index is -4.40. The lowest BCUT2D eigenvalue weighted by molar-refractivity contribution is 0.162. The summed E-state index contributed by atoms with van der Waals surface area (Å²) in [5.74, 6) is -0.806. The van der Waals surface area contributed by atoms with Crippen LogP contribution in [0.3, 0.4) is 0 Å². The molecule has 0 bridgehead atoms. The minimum absolute atomic E-state index is 0.0464. The molecule has 10 nitrogen and oxygen atoms in total. The molecule has 0 saturated carbocycles. The molecule has 224 valence electrons. The molecule has 0 atom stereocenters. The van der Waals surface area contributed by atoms with Gasteiger partial charge in [0.05, 0.1) is 12.8 Å². The van der Waals surface area contributed by atoms with Gasteiger partial charge in [0.25, 0.3) is 10.0 Å². The smallest absolute Gasteiger partial charge is 0.264 e. The fraction of sp³-hybridized carbons (Fsp3) is 0.167. The van der Waals surface area contributed by atoms with E-state index < -0.39 is 26.6 Å². The Labute approximate surface area is 247 Å². The summed E-state index contributed by atoms with van der Waals surface area (Å²) in [6.45, 7) is 5.67. The standard InChI is InChI=1S/C26H20F2N6O3S.C4H10O/c1-37-20-12-15(11-17-24(20)32-26(33-25(17)30)14-9-10-22(29)31-13-14)16-5-4-7-19(23(16)28)34-38(35,36)21-8-3-2-6-18(21)27;1-3-5-4-2/h2-13,34H,1H3,(H2,29,31)(H2,30,32,33);3-4H2,1-2H3. The number of hydrogen-bond acceptors (Lipinski definition) is 9. The fourth-order valence-corrected chi connectivity index (χ4v) is 5.24. The Bertz CT molecular complexity index is 1850. The molecule has 5 rings (SSSR count). The second-order valence-electron chi connectivity index (χ2n) is 8.96. The number of anilines is 3. The number of ether oxygens (including phenoxy) is 2. The molecule has 0 aliphatic heterocycles. The first kappa shape index (κ1) is 31.1. The molecule has 2 aromatic heterocycles. The maximum atomic E-state index is 15.6. The number of nitrogen functional groups attached to an aromatic ring is 2. The summed E-state index contributed by atoms with van der Waals surface area (Å²) in [7, 11) is -2.97. The van der Waals surface area contributed by atoms with Gasteiger partial charge >= 0.3 is 0 Å². The summed E-state index contributed by atoms with van der Waals surface area (Å²) in [4.78, 5) is 12.3. The molecule has 0 saturated heterocycles. The molecule has 2 heterocycles. The topological polar surface area (TPSA) is 155 Å². The first-order chi connectivity index (χ1) is 20.6. The van der Waals surface area contributed by atoms with Crippen LogP contribution in [0, 0.1) is 11.6 Å². The van der Waals surface area contributed by atoms with Crippen LogP contribution in [0.1, 0.15) is 13.8 Å². The number of halogens is 2. The lowest BCUT2D eigenvalue weighted by Crippen LogP contribution is -2.15. The summed E-state index contributed by atoms with van der Waals surface area (Å²) in [6, 6.07) is 15.4. The summed E-state index contributed by atoms with van der Waals surface area (Å²) in [6.07, 6.45) is 1.51. The van der Waals surface area contributed by atoms with Crippen molar-refractivity contribution in [2.24, 2.45) is 0 Å². The van der Waals surface area contributed by atoms with Crippen LogP contribution in [0.25, 0.3) is 33.4 Å². The van der Waals surface area contributed by atoms with Crippen molar-refractivity contribution in [2.45, 2.75) is 18.7 Å². The molecule has 5 aromatic rings. The first-order valence-electron chi connectivity index (χ1n) is 13.1. The molecule has 13 heteroatoms. The minimum Gasteiger partial charge on any atom is -0.494 e. The SMILES string of the molecule is CCOCC.COc1cc(-c2cccc(NS(=O)(=O)c3ccccc3F)c2F)cc2c(N)nc(-c3ccc(N)nc3)nc12. The molecule has 0 aliphatic carbocycles. The molecular weight excluding hydrogens is 578 g/mol. The number of benzene rings is 3. The number of nitrogens with two attached hydrogens (primary N) is 2. The van der Waals surface area contributed by atoms with Crippen LogP contribution in [0.15, 0.2) is 77.8 Å². The molecular formula is C30H30F2N6O4S. The number of fused-ring (bicyclic) bond motifs is 1. The number of methoxy groups -OCH3 is 1. The van der Waals surface area contributed by atoms with Gasteiger partial charge in [-0.25, -0.2) is 32.2 Å². The van der Waals surface area contributed by atoms with Crippen LogP contribution in [-0.4, -0.2) is 43.7 Å². The summed E-state index contributed by atoms with van der Waals surface area (Å²) in [5, 5.41) is 0.392. The summed E-state index contributed by atoms with van der Waals surface area (Å²) >= 11 is 0. The van der Waals surface area contributed by atoms with Gasteiger partial charge < -0.3 is 20.9 Å². The second-order valence-corrected chi connectivity index (χ2v) is 10.6. The predicted molar refractivity (Wildman–Crippen MR) is 163 cm³/mol. The van der Waals surface area contributed by atoms with E-state index in [0.717, 1.165) is 25.3 Å². The largest absolute Gasteiger partial charge is 0.494 e. The van der Waals surface area contributed by atoms with Crippen molar-refractivity contribution in [2.75, 3.05) is 36.5 Å². The molecule has 0 fully saturated rings. The Balaban J connectivity index is 0.000000782. The van der Waals surface area contributed by atoms with Crippen LogP contribution in [0.2, 0.25) is 0 Å². The molecule has 0 spiro atoms. The van der Waals surface area contributed by atoms with Gasteiger partial charge in [-0.15, -0.1) is 0 Å². The number of nitrogens with one attached hydrogen (secondary N) is 1. The predicted octanol–water partition coefficient (Wildman–Crippen LogP) is 5.65. The highest BCUT2D eigenvalue weighted by atomic mass is 32.2. The molecule has 3 aromatic carbocycles. The van der Waals surface area contributed by atoms with Crippen molar-refractivity contribution in [1.29, 1.82) is 0 Å². The Morgan fingerprint density at radius 3 is 2.28 bits per heavy atom. The Morgan fingerprint density at radius 2 is 1.65 bits per heavy atom. The summed E-state index contributed by atoms with van der Waals surface area (Å²) < 4.78 is 67.6. The maximum absolute atomic E-state index is 15.6. The third kappa shape index (κ3) is 6.96. The zero-order chi connectivity index (χ0) is 31.1. The van der Waals surface area contributed by atoms with Crippen molar-refractivity contribution in [3.8, 4) is 28.3 Å². The third-order valence-electron chi connectivity index (χ3n) is 6.15. The normalized spacial score (nSPS) is 11.1. The van der Waals surface area contributed by atoms with Gasteiger partial charge in [0, 0.05) is 35.9 Å². The lowest BCUT2D eigenvalue weighted by Gasteiger charge is -2.14. The Hall–Kier alpha value is -4.88. The van der Waals surface area contributed by atoms with Crippen LogP contribution in [-0.2, 0) is 14.8 Å². The van der Waals surface area contributed by atoms with E-state index in [4.69, 9.17) is 20.9 Å². The molecule has 43 heavy (non-hydrogen) atoms. The van der Waals surface area contributed by atoms with E-state index >= 15 is 4.39 Å². The second kappa shape index (κ2) is 13.4. The van der Waals surface area contributed by atoms with Gasteiger partial charge in [-0.05, 0) is 61.9 Å². The van der Waals surface area contributed by atoms with E-state index in [2.05, 4.69) is 19.7 Å². The van der Waals surface area contributed by atoms with Gasteiger partial charge in [0.2, 0.25) is 0 Å². The van der Waals surface area contributed by atoms with Crippen LogP contribution < -0.4 is 20.9 Å². The number of sulfonamides is 1. The Morgan fingerprint density at radius 1 is 0.907 bits per heavy atom. The number of aromatic nitrogens is 3. The van der Waals surface area contributed by atoms with E-state index in [1.807, 2.05) is 13.8 Å². The maximum Gasteiger partial charge on any atom is 0.264 e. The fourth-order valence-electron chi connectivity index (χ4n) is 4.10. The van der Waals surface area contributed by atoms with Crippen molar-refractivity contribution < 1.29 is 26.7 Å². The number of rotatable bonds is 8. The van der Waals surface area contributed by atoms with E-state index in [1.54, 1.807) is 24.3 Å². The molecule has 0 radical (unpaired) electrons. The first-order valence-corrected chi connectivity index (χ1v) is 14.6. The van der Waals surface area contributed by atoms with Gasteiger partial charge in [-0.1, -0.05) is 24.3 Å². The quantitative estimate of drug-likeness (QED) is 0.202. The van der Waals surface area contributed by atoms with Crippen molar-refractivity contribution in [1.82, 2.24) is 15.0 Å². The molecule has 0 amide bonds. The highest BCUT2D eigenvalue weighted by Gasteiger charge is 2.22. The molecule has 0 aliphatic rings. The van der Waals surface area contributed by atoms with Crippen molar-refractivity contribution in [3.63, 3.8) is 0 Å². The highest BCUT2D eigenvalue weighted by Crippen LogP contribution is 2.37. The van der Waals surface area contributed by atoms with Gasteiger partial charge in [-0.3, -0.25) is 4.72 Å². The van der Waals surface area contributed by atoms with E-state index in [1.165, 1.54) is 43.6 Å². The zero-order valence-corrected chi connectivity index (χ0v) is 24.5. The van der Waals surface area contributed by atoms with Gasteiger partial charge in [0.15, 0.2) is 11.6 Å². The Kier molecular flexibility index (Phi) is 9.68. The third-order valence-corrected chi connectivity index (χ3v) is 7.55. The average Bonchev–Trinajstić information content (AvgIpc) is 2.99. The number of nitrogens with zero attached hydrogens (tertiary/aromatic N) is 3. The lowest BCUT2D eigenvalue weighted by atomic mass is 10.0. The van der Waals surface area contributed by atoms with Crippen molar-refractivity contribution in [3.05, 3.63) is 84.6 Å². The van der Waals surface area contributed by atoms with Crippen molar-refractivity contribution >= 4 is 38.2 Å². The monoisotopic (exact) mass is 608 g/mol. The van der Waals surface area contributed by atoms with E-state index in [9.17, 15) is 12.8 Å². The highest BCUT2D eigenvalue weighted by molar-refractivity contribution is 7.92. The molecule has 0 unspecified atom stereocenters. The van der Waals surface area contributed by atoms with E-state index in [0.29, 0.717) is 33.7 Å². The van der Waals surface area contributed by atoms with Crippen LogP contribution in [0.4, 0.5) is 26.1 Å². The zero-order valence-electron chi connectivity index (χ0n) is 23.6. The van der Waals surface area contributed by atoms with Gasteiger partial charge in [0.1, 0.15) is 33.6 Å². The van der Waals surface area contributed by atoms with E-state index in [-0.39, 0.29) is 22.8 Å².